The molecule has 106 valence electrons. The van der Waals surface area contributed by atoms with E-state index in [1.54, 1.807) is 0 Å². The molecule has 1 fully saturated rings. The van der Waals surface area contributed by atoms with Gasteiger partial charge in [-0.1, -0.05) is 30.3 Å². The Morgan fingerprint density at radius 2 is 2.05 bits per heavy atom. The van der Waals surface area contributed by atoms with Gasteiger partial charge in [0.05, 0.1) is 19.3 Å². The summed E-state index contributed by atoms with van der Waals surface area (Å²) in [5.41, 5.74) is 1.01. The van der Waals surface area contributed by atoms with Crippen LogP contribution in [-0.2, 0) is 20.8 Å². The molecule has 0 aliphatic carbocycles. The maximum absolute atomic E-state index is 10.1. The molecule has 0 spiro atoms. The number of aliphatic hydroxyl groups excluding tert-OH is 2. The molecule has 1 saturated heterocycles. The molecule has 2 unspecified atom stereocenters. The highest BCUT2D eigenvalue weighted by atomic mass is 16.7. The topological polar surface area (TPSA) is 68.2 Å². The molecule has 2 rings (SSSR count). The summed E-state index contributed by atoms with van der Waals surface area (Å²) in [5.74, 6) is 0. The first-order valence-electron chi connectivity index (χ1n) is 6.37. The molecule has 1 aromatic rings. The lowest BCUT2D eigenvalue weighted by atomic mass is 10.0. The number of hydrogen-bond donors (Lipinski definition) is 2. The van der Waals surface area contributed by atoms with Crippen molar-refractivity contribution in [1.29, 1.82) is 0 Å². The fourth-order valence-electron chi connectivity index (χ4n) is 2.19. The minimum Gasteiger partial charge on any atom is -0.394 e. The third-order valence-electron chi connectivity index (χ3n) is 3.23. The van der Waals surface area contributed by atoms with E-state index in [1.165, 1.54) is 7.11 Å². The predicted molar refractivity (Wildman–Crippen MR) is 68.4 cm³/mol. The Kier molecular flexibility index (Phi) is 5.30. The summed E-state index contributed by atoms with van der Waals surface area (Å²) in [4.78, 5) is 0. The number of hydrogen-bond acceptors (Lipinski definition) is 5. The first-order chi connectivity index (χ1) is 9.24. The zero-order valence-corrected chi connectivity index (χ0v) is 10.9. The zero-order chi connectivity index (χ0) is 13.7. The van der Waals surface area contributed by atoms with Crippen LogP contribution in [0.3, 0.4) is 0 Å². The van der Waals surface area contributed by atoms with Gasteiger partial charge in [0.25, 0.3) is 0 Å². The van der Waals surface area contributed by atoms with E-state index in [2.05, 4.69) is 0 Å². The van der Waals surface area contributed by atoms with Crippen LogP contribution >= 0.6 is 0 Å². The van der Waals surface area contributed by atoms with Crippen LogP contribution in [0.4, 0.5) is 0 Å². The third kappa shape index (κ3) is 3.75. The van der Waals surface area contributed by atoms with Gasteiger partial charge in [0.2, 0.25) is 0 Å². The molecule has 5 nitrogen and oxygen atoms in total. The van der Waals surface area contributed by atoms with Crippen molar-refractivity contribution in [2.75, 3.05) is 13.7 Å². The molecule has 1 aromatic carbocycles. The molecule has 4 atom stereocenters. The monoisotopic (exact) mass is 268 g/mol. The van der Waals surface area contributed by atoms with Crippen molar-refractivity contribution < 1.29 is 24.4 Å². The Labute approximate surface area is 112 Å². The maximum atomic E-state index is 10.1. The summed E-state index contributed by atoms with van der Waals surface area (Å²) in [6.07, 6.45) is -1.98. The van der Waals surface area contributed by atoms with Crippen LogP contribution in [0.15, 0.2) is 30.3 Å². The van der Waals surface area contributed by atoms with E-state index >= 15 is 0 Å². The fourth-order valence-corrected chi connectivity index (χ4v) is 2.19. The molecule has 0 radical (unpaired) electrons. The number of aliphatic hydroxyl groups is 2. The van der Waals surface area contributed by atoms with Crippen LogP contribution in [0, 0.1) is 0 Å². The van der Waals surface area contributed by atoms with Crippen molar-refractivity contribution in [2.24, 2.45) is 0 Å². The van der Waals surface area contributed by atoms with E-state index in [0.29, 0.717) is 13.0 Å². The Bertz CT molecular complexity index is 369. The van der Waals surface area contributed by atoms with E-state index in [-0.39, 0.29) is 6.61 Å². The van der Waals surface area contributed by atoms with E-state index in [4.69, 9.17) is 14.2 Å². The van der Waals surface area contributed by atoms with Crippen LogP contribution in [-0.4, -0.2) is 48.5 Å². The summed E-state index contributed by atoms with van der Waals surface area (Å²) in [6.45, 7) is 0.163. The quantitative estimate of drug-likeness (QED) is 0.822. The van der Waals surface area contributed by atoms with E-state index in [1.807, 2.05) is 30.3 Å². The molecule has 0 saturated carbocycles. The van der Waals surface area contributed by atoms with E-state index < -0.39 is 24.6 Å². The number of methoxy groups -OCH3 is 1. The molecular formula is C14H20O5. The van der Waals surface area contributed by atoms with Gasteiger partial charge in [0, 0.05) is 13.5 Å². The Morgan fingerprint density at radius 1 is 1.32 bits per heavy atom. The first kappa shape index (κ1) is 14.4. The summed E-state index contributed by atoms with van der Waals surface area (Å²) >= 11 is 0. The molecule has 1 aliphatic heterocycles. The highest BCUT2D eigenvalue weighted by Gasteiger charge is 2.38. The second kappa shape index (κ2) is 6.98. The van der Waals surface area contributed by atoms with Gasteiger partial charge < -0.3 is 24.4 Å². The highest BCUT2D eigenvalue weighted by molar-refractivity contribution is 5.13. The van der Waals surface area contributed by atoms with Crippen molar-refractivity contribution in [3.05, 3.63) is 35.9 Å². The van der Waals surface area contributed by atoms with Gasteiger partial charge in [0.15, 0.2) is 6.29 Å². The molecule has 1 heterocycles. The number of rotatable bonds is 5. The average molecular weight is 268 g/mol. The average Bonchev–Trinajstić information content (AvgIpc) is 2.46. The lowest BCUT2D eigenvalue weighted by molar-refractivity contribution is -0.260. The number of benzene rings is 1. The van der Waals surface area contributed by atoms with Gasteiger partial charge in [-0.3, -0.25) is 0 Å². The molecule has 5 heteroatoms. The highest BCUT2D eigenvalue weighted by Crippen LogP contribution is 2.24. The standard InChI is InChI=1S/C14H20O5/c1-17-13-7-11(16)14(12(8-15)19-13)18-9-10-5-3-2-4-6-10/h2-6,11-16H,7-9H2,1H3/t11?,12?,13-,14+/m0/s1. The van der Waals surface area contributed by atoms with Crippen LogP contribution in [0.2, 0.25) is 0 Å². The zero-order valence-electron chi connectivity index (χ0n) is 10.9. The van der Waals surface area contributed by atoms with Crippen molar-refractivity contribution in [1.82, 2.24) is 0 Å². The number of ether oxygens (including phenoxy) is 3. The summed E-state index contributed by atoms with van der Waals surface area (Å²) in [7, 11) is 1.51. The summed E-state index contributed by atoms with van der Waals surface area (Å²) in [6, 6.07) is 9.68. The minimum atomic E-state index is -0.709. The molecule has 2 N–H and O–H groups in total. The van der Waals surface area contributed by atoms with Crippen molar-refractivity contribution in [3.63, 3.8) is 0 Å². The van der Waals surface area contributed by atoms with Crippen LogP contribution in [0.1, 0.15) is 12.0 Å². The van der Waals surface area contributed by atoms with Gasteiger partial charge in [-0.2, -0.15) is 0 Å². The smallest absolute Gasteiger partial charge is 0.160 e. The second-order valence-electron chi connectivity index (χ2n) is 4.59. The van der Waals surface area contributed by atoms with Gasteiger partial charge >= 0.3 is 0 Å². The normalized spacial score (nSPS) is 31.3. The fraction of sp³-hybridized carbons (Fsp3) is 0.571. The SMILES string of the molecule is CO[C@@H]1CC(O)[C@@H](OCc2ccccc2)C(CO)O1. The van der Waals surface area contributed by atoms with Gasteiger partial charge in [-0.05, 0) is 5.56 Å². The van der Waals surface area contributed by atoms with Crippen molar-refractivity contribution in [3.8, 4) is 0 Å². The molecule has 0 aromatic heterocycles. The Hall–Kier alpha value is -0.980. The maximum Gasteiger partial charge on any atom is 0.160 e. The Morgan fingerprint density at radius 3 is 2.68 bits per heavy atom. The molecule has 1 aliphatic rings. The minimum absolute atomic E-state index is 0.212. The molecule has 0 bridgehead atoms. The third-order valence-corrected chi connectivity index (χ3v) is 3.23. The summed E-state index contributed by atoms with van der Waals surface area (Å²) in [5, 5.41) is 19.4. The molecule has 19 heavy (non-hydrogen) atoms. The van der Waals surface area contributed by atoms with Crippen molar-refractivity contribution >= 4 is 0 Å². The van der Waals surface area contributed by atoms with Gasteiger partial charge in [-0.25, -0.2) is 0 Å². The molecule has 0 amide bonds. The largest absolute Gasteiger partial charge is 0.394 e. The van der Waals surface area contributed by atoms with Gasteiger partial charge in [-0.15, -0.1) is 0 Å². The first-order valence-corrected chi connectivity index (χ1v) is 6.37. The van der Waals surface area contributed by atoms with Crippen LogP contribution < -0.4 is 0 Å². The van der Waals surface area contributed by atoms with Crippen LogP contribution in [0.5, 0.6) is 0 Å². The van der Waals surface area contributed by atoms with Crippen molar-refractivity contribution in [2.45, 2.75) is 37.6 Å². The lowest BCUT2D eigenvalue weighted by Crippen LogP contribution is -2.51. The Balaban J connectivity index is 1.94. The van der Waals surface area contributed by atoms with E-state index in [0.717, 1.165) is 5.56 Å². The lowest BCUT2D eigenvalue weighted by Gasteiger charge is -2.38. The van der Waals surface area contributed by atoms with Gasteiger partial charge in [0.1, 0.15) is 12.2 Å². The van der Waals surface area contributed by atoms with E-state index in [9.17, 15) is 10.2 Å². The molecular weight excluding hydrogens is 248 g/mol. The second-order valence-corrected chi connectivity index (χ2v) is 4.59. The van der Waals surface area contributed by atoms with Crippen LogP contribution in [0.25, 0.3) is 0 Å². The predicted octanol–water partition coefficient (Wildman–Crippen LogP) is 0.686. The summed E-state index contributed by atoms with van der Waals surface area (Å²) < 4.78 is 16.2.